The standard InChI is InChI=1S/C10H24N2O/c1-3-5-6-7-10(11)12-8-9(13)4-2/h9-10,12-13H,3-8,11H2,1-2H3. The number of hydrogen-bond donors (Lipinski definition) is 3. The molecular formula is C10H24N2O. The van der Waals surface area contributed by atoms with Gasteiger partial charge in [-0.25, -0.2) is 0 Å². The third kappa shape index (κ3) is 8.22. The summed E-state index contributed by atoms with van der Waals surface area (Å²) in [7, 11) is 0. The second kappa shape index (κ2) is 8.48. The Morgan fingerprint density at radius 2 is 2.00 bits per heavy atom. The van der Waals surface area contributed by atoms with Gasteiger partial charge in [0.1, 0.15) is 0 Å². The summed E-state index contributed by atoms with van der Waals surface area (Å²) in [5, 5.41) is 12.4. The number of aliphatic hydroxyl groups excluding tert-OH is 1. The molecule has 0 aromatic carbocycles. The minimum absolute atomic E-state index is 0.0488. The lowest BCUT2D eigenvalue weighted by molar-refractivity contribution is 0.162. The van der Waals surface area contributed by atoms with Gasteiger partial charge in [-0.05, 0) is 12.8 Å². The molecule has 0 aliphatic heterocycles. The summed E-state index contributed by atoms with van der Waals surface area (Å²) in [6.07, 6.45) is 5.23. The van der Waals surface area contributed by atoms with Crippen LogP contribution < -0.4 is 11.1 Å². The van der Waals surface area contributed by atoms with Gasteiger partial charge in [0, 0.05) is 6.54 Å². The first-order chi connectivity index (χ1) is 6.20. The van der Waals surface area contributed by atoms with Gasteiger partial charge in [0.25, 0.3) is 0 Å². The van der Waals surface area contributed by atoms with Gasteiger partial charge < -0.3 is 10.8 Å². The molecule has 0 fully saturated rings. The maximum atomic E-state index is 9.26. The van der Waals surface area contributed by atoms with E-state index >= 15 is 0 Å². The predicted octanol–water partition coefficient (Wildman–Crippen LogP) is 1.21. The Labute approximate surface area is 81.7 Å². The van der Waals surface area contributed by atoms with Crippen molar-refractivity contribution >= 4 is 0 Å². The molecule has 0 aromatic rings. The summed E-state index contributed by atoms with van der Waals surface area (Å²) >= 11 is 0. The van der Waals surface area contributed by atoms with Crippen LogP contribution in [0.5, 0.6) is 0 Å². The fourth-order valence-corrected chi connectivity index (χ4v) is 1.15. The first-order valence-corrected chi connectivity index (χ1v) is 5.37. The van der Waals surface area contributed by atoms with Crippen LogP contribution in [0, 0.1) is 0 Å². The summed E-state index contributed by atoms with van der Waals surface area (Å²) in [6.45, 7) is 4.76. The summed E-state index contributed by atoms with van der Waals surface area (Å²) in [5.74, 6) is 0. The molecule has 0 radical (unpaired) electrons. The van der Waals surface area contributed by atoms with Gasteiger partial charge in [-0.3, -0.25) is 5.32 Å². The smallest absolute Gasteiger partial charge is 0.0662 e. The molecule has 4 N–H and O–H groups in total. The molecule has 0 amide bonds. The van der Waals surface area contributed by atoms with E-state index in [-0.39, 0.29) is 12.3 Å². The molecule has 0 saturated heterocycles. The molecule has 3 nitrogen and oxygen atoms in total. The van der Waals surface area contributed by atoms with E-state index in [9.17, 15) is 5.11 Å². The normalized spacial score (nSPS) is 15.7. The zero-order chi connectivity index (χ0) is 10.1. The molecule has 0 aromatic heterocycles. The van der Waals surface area contributed by atoms with Gasteiger partial charge in [0.2, 0.25) is 0 Å². The van der Waals surface area contributed by atoms with Crippen molar-refractivity contribution in [1.29, 1.82) is 0 Å². The van der Waals surface area contributed by atoms with Crippen molar-refractivity contribution in [3.63, 3.8) is 0 Å². The van der Waals surface area contributed by atoms with Crippen LogP contribution in [0.2, 0.25) is 0 Å². The van der Waals surface area contributed by atoms with E-state index in [1.54, 1.807) is 0 Å². The number of rotatable bonds is 8. The van der Waals surface area contributed by atoms with E-state index < -0.39 is 0 Å². The van der Waals surface area contributed by atoms with Crippen molar-refractivity contribution in [2.24, 2.45) is 5.73 Å². The lowest BCUT2D eigenvalue weighted by Gasteiger charge is -2.15. The lowest BCUT2D eigenvalue weighted by Crippen LogP contribution is -2.41. The Balaban J connectivity index is 3.24. The highest BCUT2D eigenvalue weighted by Gasteiger charge is 2.04. The van der Waals surface area contributed by atoms with Crippen molar-refractivity contribution in [3.05, 3.63) is 0 Å². The van der Waals surface area contributed by atoms with Crippen LogP contribution in [0.3, 0.4) is 0 Å². The third-order valence-electron chi connectivity index (χ3n) is 2.21. The molecule has 0 aliphatic carbocycles. The van der Waals surface area contributed by atoms with Crippen molar-refractivity contribution in [2.75, 3.05) is 6.54 Å². The third-order valence-corrected chi connectivity index (χ3v) is 2.21. The maximum Gasteiger partial charge on any atom is 0.0662 e. The minimum atomic E-state index is -0.253. The largest absolute Gasteiger partial charge is 0.392 e. The fourth-order valence-electron chi connectivity index (χ4n) is 1.15. The Kier molecular flexibility index (Phi) is 8.40. The van der Waals surface area contributed by atoms with E-state index in [4.69, 9.17) is 5.73 Å². The highest BCUT2D eigenvalue weighted by atomic mass is 16.3. The second-order valence-corrected chi connectivity index (χ2v) is 3.57. The molecule has 80 valence electrons. The van der Waals surface area contributed by atoms with Crippen molar-refractivity contribution in [3.8, 4) is 0 Å². The highest BCUT2D eigenvalue weighted by Crippen LogP contribution is 2.00. The van der Waals surface area contributed by atoms with E-state index in [2.05, 4.69) is 12.2 Å². The molecule has 2 atom stereocenters. The van der Waals surface area contributed by atoms with Crippen LogP contribution in [-0.2, 0) is 0 Å². The van der Waals surface area contributed by atoms with Gasteiger partial charge >= 0.3 is 0 Å². The first-order valence-electron chi connectivity index (χ1n) is 5.37. The van der Waals surface area contributed by atoms with E-state index in [1.165, 1.54) is 19.3 Å². The van der Waals surface area contributed by atoms with Gasteiger partial charge in [0.05, 0.1) is 12.3 Å². The Bertz CT molecular complexity index is 109. The predicted molar refractivity (Wildman–Crippen MR) is 56.4 cm³/mol. The number of hydrogen-bond acceptors (Lipinski definition) is 3. The van der Waals surface area contributed by atoms with Crippen LogP contribution in [0.4, 0.5) is 0 Å². The average molecular weight is 188 g/mol. The molecule has 0 saturated carbocycles. The van der Waals surface area contributed by atoms with Gasteiger partial charge in [-0.1, -0.05) is 33.1 Å². The van der Waals surface area contributed by atoms with Crippen molar-refractivity contribution in [2.45, 2.75) is 58.2 Å². The van der Waals surface area contributed by atoms with Crippen molar-refractivity contribution < 1.29 is 5.11 Å². The Hall–Kier alpha value is -0.120. The highest BCUT2D eigenvalue weighted by molar-refractivity contribution is 4.63. The van der Waals surface area contributed by atoms with Crippen LogP contribution >= 0.6 is 0 Å². The number of nitrogens with two attached hydrogens (primary N) is 1. The van der Waals surface area contributed by atoms with Gasteiger partial charge in [0.15, 0.2) is 0 Å². The topological polar surface area (TPSA) is 58.3 Å². The summed E-state index contributed by atoms with van der Waals surface area (Å²) in [6, 6.07) is 0. The molecule has 0 bridgehead atoms. The fraction of sp³-hybridized carbons (Fsp3) is 1.00. The quantitative estimate of drug-likeness (QED) is 0.396. The monoisotopic (exact) mass is 188 g/mol. The zero-order valence-electron chi connectivity index (χ0n) is 8.92. The Morgan fingerprint density at radius 3 is 2.54 bits per heavy atom. The molecule has 2 unspecified atom stereocenters. The minimum Gasteiger partial charge on any atom is -0.392 e. The van der Waals surface area contributed by atoms with Crippen LogP contribution in [0.25, 0.3) is 0 Å². The molecule has 0 heterocycles. The van der Waals surface area contributed by atoms with Gasteiger partial charge in [-0.2, -0.15) is 0 Å². The molecule has 3 heteroatoms. The summed E-state index contributed by atoms with van der Waals surface area (Å²) in [5.41, 5.74) is 5.80. The Morgan fingerprint density at radius 1 is 1.31 bits per heavy atom. The summed E-state index contributed by atoms with van der Waals surface area (Å²) < 4.78 is 0. The molecule has 0 rings (SSSR count). The molecule has 0 aliphatic rings. The number of unbranched alkanes of at least 4 members (excludes halogenated alkanes) is 2. The van der Waals surface area contributed by atoms with E-state index in [1.807, 2.05) is 6.92 Å². The molecule has 13 heavy (non-hydrogen) atoms. The number of aliphatic hydroxyl groups is 1. The van der Waals surface area contributed by atoms with Crippen molar-refractivity contribution in [1.82, 2.24) is 5.32 Å². The molecular weight excluding hydrogens is 164 g/mol. The maximum absolute atomic E-state index is 9.26. The summed E-state index contributed by atoms with van der Waals surface area (Å²) in [4.78, 5) is 0. The first kappa shape index (κ1) is 12.9. The van der Waals surface area contributed by atoms with Crippen LogP contribution in [0.15, 0.2) is 0 Å². The lowest BCUT2D eigenvalue weighted by atomic mass is 10.1. The van der Waals surface area contributed by atoms with E-state index in [0.29, 0.717) is 6.54 Å². The van der Waals surface area contributed by atoms with Crippen LogP contribution in [0.1, 0.15) is 46.0 Å². The van der Waals surface area contributed by atoms with Gasteiger partial charge in [-0.15, -0.1) is 0 Å². The SMILES string of the molecule is CCCCCC(N)NCC(O)CC. The van der Waals surface area contributed by atoms with Crippen LogP contribution in [-0.4, -0.2) is 23.9 Å². The second-order valence-electron chi connectivity index (χ2n) is 3.57. The molecule has 0 spiro atoms. The van der Waals surface area contributed by atoms with E-state index in [0.717, 1.165) is 12.8 Å². The number of nitrogens with one attached hydrogen (secondary N) is 1. The zero-order valence-corrected chi connectivity index (χ0v) is 8.92. The average Bonchev–Trinajstić information content (AvgIpc) is 2.14.